The van der Waals surface area contributed by atoms with Crippen LogP contribution in [0.1, 0.15) is 41.3 Å². The van der Waals surface area contributed by atoms with Crippen molar-refractivity contribution in [1.82, 2.24) is 10.2 Å². The Bertz CT molecular complexity index is 910. The summed E-state index contributed by atoms with van der Waals surface area (Å²) in [5.74, 6) is -0.309. The first-order chi connectivity index (χ1) is 14.8. The van der Waals surface area contributed by atoms with Gasteiger partial charge in [0.25, 0.3) is 5.91 Å². The lowest BCUT2D eigenvalue weighted by molar-refractivity contribution is -0.132. The molecule has 2 N–H and O–H groups in total. The van der Waals surface area contributed by atoms with Gasteiger partial charge in [-0.3, -0.25) is 14.4 Å². The Morgan fingerprint density at radius 3 is 2.42 bits per heavy atom. The third-order valence-corrected chi connectivity index (χ3v) is 4.76. The molecule has 0 saturated carbocycles. The Kier molecular flexibility index (Phi) is 9.06. The van der Waals surface area contributed by atoms with Crippen LogP contribution in [0, 0.1) is 13.8 Å². The second kappa shape index (κ2) is 11.7. The number of benzene rings is 2. The summed E-state index contributed by atoms with van der Waals surface area (Å²) in [6, 6.07) is 12.6. The third-order valence-electron chi connectivity index (χ3n) is 4.76. The normalized spacial score (nSPS) is 10.3. The van der Waals surface area contributed by atoms with Gasteiger partial charge in [0, 0.05) is 18.3 Å². The lowest BCUT2D eigenvalue weighted by Crippen LogP contribution is -2.41. The fourth-order valence-corrected chi connectivity index (χ4v) is 2.79. The molecule has 0 aromatic heterocycles. The van der Waals surface area contributed by atoms with Crippen LogP contribution in [0.25, 0.3) is 0 Å². The Morgan fingerprint density at radius 2 is 1.74 bits per heavy atom. The van der Waals surface area contributed by atoms with E-state index in [1.807, 2.05) is 32.0 Å². The van der Waals surface area contributed by atoms with Gasteiger partial charge in [-0.2, -0.15) is 0 Å². The van der Waals surface area contributed by atoms with Gasteiger partial charge in [0.2, 0.25) is 11.8 Å². The first-order valence-electron chi connectivity index (χ1n) is 10.4. The monoisotopic (exact) mass is 425 g/mol. The van der Waals surface area contributed by atoms with E-state index in [2.05, 4.69) is 17.6 Å². The Labute approximate surface area is 183 Å². The molecule has 0 spiro atoms. The predicted molar refractivity (Wildman–Crippen MR) is 121 cm³/mol. The van der Waals surface area contributed by atoms with Gasteiger partial charge in [0.1, 0.15) is 5.75 Å². The van der Waals surface area contributed by atoms with Crippen LogP contribution in [0.2, 0.25) is 0 Å². The van der Waals surface area contributed by atoms with E-state index in [1.165, 1.54) is 11.9 Å². The number of likely N-dealkylation sites (N-methyl/N-ethyl adjacent to an activating group) is 1. The number of ether oxygens (including phenoxy) is 1. The van der Waals surface area contributed by atoms with Gasteiger partial charge in [-0.15, -0.1) is 0 Å². The van der Waals surface area contributed by atoms with Gasteiger partial charge < -0.3 is 20.3 Å². The van der Waals surface area contributed by atoms with Crippen molar-refractivity contribution < 1.29 is 19.1 Å². The summed E-state index contributed by atoms with van der Waals surface area (Å²) in [6.07, 6.45) is 2.02. The molecule has 2 aromatic rings. The number of unbranched alkanes of at least 4 members (excludes halogenated alkanes) is 1. The number of anilines is 1. The Morgan fingerprint density at radius 1 is 1.03 bits per heavy atom. The highest BCUT2D eigenvalue weighted by molar-refractivity contribution is 5.98. The number of hydrogen-bond acceptors (Lipinski definition) is 4. The fraction of sp³-hybridized carbons (Fsp3) is 0.375. The zero-order valence-electron chi connectivity index (χ0n) is 18.7. The van der Waals surface area contributed by atoms with Crippen molar-refractivity contribution in [1.29, 1.82) is 0 Å². The van der Waals surface area contributed by atoms with Crippen LogP contribution in [0.5, 0.6) is 5.75 Å². The molecule has 7 nitrogen and oxygen atoms in total. The first-order valence-corrected chi connectivity index (χ1v) is 10.4. The van der Waals surface area contributed by atoms with Crippen molar-refractivity contribution in [3.8, 4) is 5.75 Å². The second-order valence-corrected chi connectivity index (χ2v) is 7.53. The molecule has 166 valence electrons. The Hall–Kier alpha value is -3.35. The minimum Gasteiger partial charge on any atom is -0.494 e. The molecule has 2 aromatic carbocycles. The number of rotatable bonds is 10. The van der Waals surface area contributed by atoms with E-state index in [0.29, 0.717) is 17.9 Å². The molecule has 3 amide bonds. The number of hydrogen-bond donors (Lipinski definition) is 2. The van der Waals surface area contributed by atoms with E-state index in [-0.39, 0.29) is 30.8 Å². The van der Waals surface area contributed by atoms with Crippen LogP contribution in [0.15, 0.2) is 42.5 Å². The van der Waals surface area contributed by atoms with Crippen LogP contribution in [0.4, 0.5) is 5.69 Å². The zero-order chi connectivity index (χ0) is 22.8. The molecule has 0 bridgehead atoms. The molecule has 2 rings (SSSR count). The van der Waals surface area contributed by atoms with Gasteiger partial charge in [-0.05, 0) is 61.7 Å². The highest BCUT2D eigenvalue weighted by atomic mass is 16.5. The number of carbonyl (C=O) groups excluding carboxylic acids is 3. The van der Waals surface area contributed by atoms with Crippen LogP contribution < -0.4 is 15.4 Å². The fourth-order valence-electron chi connectivity index (χ4n) is 2.79. The molecular formula is C24H31N3O4. The molecule has 0 atom stereocenters. The highest BCUT2D eigenvalue weighted by Crippen LogP contribution is 2.16. The predicted octanol–water partition coefficient (Wildman–Crippen LogP) is 3.31. The zero-order valence-corrected chi connectivity index (χ0v) is 18.7. The topological polar surface area (TPSA) is 87.7 Å². The standard InChI is InChI=1S/C24H31N3O4/c1-5-6-13-31-20-11-9-19(10-12-20)24(30)25-15-23(29)27(4)16-22(28)26-21-14-17(2)7-8-18(21)3/h7-12,14H,5-6,13,15-16H2,1-4H3,(H,25,30)(H,26,28). The van der Waals surface area contributed by atoms with E-state index in [0.717, 1.165) is 29.7 Å². The number of nitrogens with one attached hydrogen (secondary N) is 2. The van der Waals surface area contributed by atoms with Crippen LogP contribution >= 0.6 is 0 Å². The average molecular weight is 426 g/mol. The van der Waals surface area contributed by atoms with Gasteiger partial charge in [-0.25, -0.2) is 0 Å². The highest BCUT2D eigenvalue weighted by Gasteiger charge is 2.15. The summed E-state index contributed by atoms with van der Waals surface area (Å²) in [5.41, 5.74) is 3.14. The molecule has 31 heavy (non-hydrogen) atoms. The molecule has 0 aliphatic rings. The molecule has 0 unspecified atom stereocenters. The molecule has 0 heterocycles. The van der Waals surface area contributed by atoms with Crippen molar-refractivity contribution in [3.63, 3.8) is 0 Å². The number of aryl methyl sites for hydroxylation is 2. The first kappa shape index (κ1) is 23.9. The van der Waals surface area contributed by atoms with Gasteiger partial charge in [0.05, 0.1) is 19.7 Å². The summed E-state index contributed by atoms with van der Waals surface area (Å²) < 4.78 is 5.57. The quantitative estimate of drug-likeness (QED) is 0.572. The molecule has 7 heteroatoms. The van der Waals surface area contributed by atoms with Gasteiger partial charge in [0.15, 0.2) is 0 Å². The van der Waals surface area contributed by atoms with E-state index in [1.54, 1.807) is 24.3 Å². The van der Waals surface area contributed by atoms with E-state index < -0.39 is 0 Å². The Balaban J connectivity index is 1.79. The van der Waals surface area contributed by atoms with E-state index in [9.17, 15) is 14.4 Å². The van der Waals surface area contributed by atoms with Crippen molar-refractivity contribution >= 4 is 23.4 Å². The summed E-state index contributed by atoms with van der Waals surface area (Å²) in [4.78, 5) is 38.1. The summed E-state index contributed by atoms with van der Waals surface area (Å²) >= 11 is 0. The van der Waals surface area contributed by atoms with Crippen molar-refractivity contribution in [3.05, 3.63) is 59.2 Å². The lowest BCUT2D eigenvalue weighted by atomic mass is 10.1. The number of carbonyl (C=O) groups is 3. The average Bonchev–Trinajstić information content (AvgIpc) is 2.75. The maximum Gasteiger partial charge on any atom is 0.251 e. The van der Waals surface area contributed by atoms with Crippen molar-refractivity contribution in [2.45, 2.75) is 33.6 Å². The minimum absolute atomic E-state index is 0.105. The summed E-state index contributed by atoms with van der Waals surface area (Å²) in [7, 11) is 1.53. The number of nitrogens with zero attached hydrogens (tertiary/aromatic N) is 1. The van der Waals surface area contributed by atoms with Crippen LogP contribution in [-0.4, -0.2) is 49.4 Å². The van der Waals surface area contributed by atoms with Crippen LogP contribution in [0.3, 0.4) is 0 Å². The third kappa shape index (κ3) is 7.77. The number of amides is 3. The van der Waals surface area contributed by atoms with Crippen molar-refractivity contribution in [2.24, 2.45) is 0 Å². The molecule has 0 aliphatic carbocycles. The molecule has 0 saturated heterocycles. The van der Waals surface area contributed by atoms with Gasteiger partial charge in [-0.1, -0.05) is 25.5 Å². The molecule has 0 radical (unpaired) electrons. The van der Waals surface area contributed by atoms with Crippen LogP contribution in [-0.2, 0) is 9.59 Å². The van der Waals surface area contributed by atoms with E-state index in [4.69, 9.17) is 4.74 Å². The smallest absolute Gasteiger partial charge is 0.251 e. The SMILES string of the molecule is CCCCOc1ccc(C(=O)NCC(=O)N(C)CC(=O)Nc2cc(C)ccc2C)cc1. The van der Waals surface area contributed by atoms with Crippen molar-refractivity contribution in [2.75, 3.05) is 32.1 Å². The molecular weight excluding hydrogens is 394 g/mol. The summed E-state index contributed by atoms with van der Waals surface area (Å²) in [6.45, 7) is 6.28. The summed E-state index contributed by atoms with van der Waals surface area (Å²) in [5, 5.41) is 5.41. The molecule has 0 fully saturated rings. The van der Waals surface area contributed by atoms with E-state index >= 15 is 0 Å². The second-order valence-electron chi connectivity index (χ2n) is 7.53. The maximum absolute atomic E-state index is 12.3. The molecule has 0 aliphatic heterocycles. The minimum atomic E-state index is -0.360. The lowest BCUT2D eigenvalue weighted by Gasteiger charge is -2.18. The maximum atomic E-state index is 12.3. The largest absolute Gasteiger partial charge is 0.494 e. The van der Waals surface area contributed by atoms with Gasteiger partial charge >= 0.3 is 0 Å².